The van der Waals surface area contributed by atoms with Gasteiger partial charge in [0.05, 0.1) is 19.3 Å². The molecule has 0 bridgehead atoms. The fourth-order valence-corrected chi connectivity index (χ4v) is 2.08. The lowest BCUT2D eigenvalue weighted by atomic mass is 10.1. The standard InChI is InChI=1S/C19H33N3O2/c1-5-20-19(21-11-13-24-12-10-15(2)3)22-14-18(23)17-8-6-16(4)7-9-17/h6-9,15,18,23H,5,10-14H2,1-4H3,(H2,20,21,22). The molecule has 0 spiro atoms. The lowest BCUT2D eigenvalue weighted by Crippen LogP contribution is -2.39. The Morgan fingerprint density at radius 2 is 1.88 bits per heavy atom. The molecule has 0 amide bonds. The summed E-state index contributed by atoms with van der Waals surface area (Å²) in [7, 11) is 0. The van der Waals surface area contributed by atoms with Gasteiger partial charge in [0.1, 0.15) is 0 Å². The van der Waals surface area contributed by atoms with Gasteiger partial charge in [-0.15, -0.1) is 0 Å². The van der Waals surface area contributed by atoms with Crippen LogP contribution in [0, 0.1) is 12.8 Å². The van der Waals surface area contributed by atoms with Crippen LogP contribution in [0.4, 0.5) is 0 Å². The van der Waals surface area contributed by atoms with Crippen LogP contribution in [0.1, 0.15) is 44.4 Å². The third-order valence-electron chi connectivity index (χ3n) is 3.61. The van der Waals surface area contributed by atoms with E-state index in [2.05, 4.69) is 29.5 Å². The summed E-state index contributed by atoms with van der Waals surface area (Å²) in [5.41, 5.74) is 2.07. The molecule has 0 fully saturated rings. The summed E-state index contributed by atoms with van der Waals surface area (Å²) in [6.07, 6.45) is 0.486. The number of aliphatic imine (C=N–C) groups is 1. The maximum Gasteiger partial charge on any atom is 0.191 e. The Hall–Kier alpha value is -1.59. The second-order valence-electron chi connectivity index (χ2n) is 6.37. The van der Waals surface area contributed by atoms with Crippen LogP contribution in [-0.2, 0) is 4.74 Å². The predicted molar refractivity (Wildman–Crippen MR) is 100 cm³/mol. The SMILES string of the molecule is CCNC(=NCC(O)c1ccc(C)cc1)NCCOCCC(C)C. The number of aliphatic hydroxyl groups excluding tert-OH is 1. The zero-order valence-corrected chi connectivity index (χ0v) is 15.5. The van der Waals surface area contributed by atoms with E-state index in [9.17, 15) is 5.11 Å². The van der Waals surface area contributed by atoms with Crippen molar-refractivity contribution in [2.45, 2.75) is 40.2 Å². The Bertz CT molecular complexity index is 472. The van der Waals surface area contributed by atoms with Gasteiger partial charge >= 0.3 is 0 Å². The molecule has 1 unspecified atom stereocenters. The molecule has 0 aromatic heterocycles. The number of benzene rings is 1. The molecule has 3 N–H and O–H groups in total. The van der Waals surface area contributed by atoms with E-state index in [-0.39, 0.29) is 0 Å². The van der Waals surface area contributed by atoms with Crippen LogP contribution in [0.15, 0.2) is 29.3 Å². The van der Waals surface area contributed by atoms with Gasteiger partial charge in [0.2, 0.25) is 0 Å². The second-order valence-corrected chi connectivity index (χ2v) is 6.37. The Morgan fingerprint density at radius 1 is 1.17 bits per heavy atom. The topological polar surface area (TPSA) is 65.9 Å². The van der Waals surface area contributed by atoms with E-state index in [0.717, 1.165) is 25.1 Å². The number of nitrogens with zero attached hydrogens (tertiary/aromatic N) is 1. The number of hydrogen-bond acceptors (Lipinski definition) is 3. The largest absolute Gasteiger partial charge is 0.386 e. The fraction of sp³-hybridized carbons (Fsp3) is 0.632. The van der Waals surface area contributed by atoms with Gasteiger partial charge in [-0.2, -0.15) is 0 Å². The van der Waals surface area contributed by atoms with Crippen molar-refractivity contribution >= 4 is 5.96 Å². The van der Waals surface area contributed by atoms with Gasteiger partial charge < -0.3 is 20.5 Å². The van der Waals surface area contributed by atoms with E-state index < -0.39 is 6.10 Å². The molecule has 1 rings (SSSR count). The highest BCUT2D eigenvalue weighted by Crippen LogP contribution is 2.13. The van der Waals surface area contributed by atoms with Crippen molar-refractivity contribution in [3.63, 3.8) is 0 Å². The number of aliphatic hydroxyl groups is 1. The third kappa shape index (κ3) is 8.89. The number of aryl methyl sites for hydroxylation is 1. The van der Waals surface area contributed by atoms with E-state index in [4.69, 9.17) is 4.74 Å². The molecule has 1 aromatic rings. The maximum atomic E-state index is 10.2. The first-order valence-electron chi connectivity index (χ1n) is 8.87. The van der Waals surface area contributed by atoms with Crippen molar-refractivity contribution < 1.29 is 9.84 Å². The first-order chi connectivity index (χ1) is 11.5. The maximum absolute atomic E-state index is 10.2. The van der Waals surface area contributed by atoms with Crippen LogP contribution in [-0.4, -0.2) is 43.9 Å². The summed E-state index contributed by atoms with van der Waals surface area (Å²) in [4.78, 5) is 4.45. The Morgan fingerprint density at radius 3 is 2.50 bits per heavy atom. The lowest BCUT2D eigenvalue weighted by molar-refractivity contribution is 0.128. The molecule has 0 heterocycles. The highest BCUT2D eigenvalue weighted by atomic mass is 16.5. The van der Waals surface area contributed by atoms with Crippen LogP contribution in [0.2, 0.25) is 0 Å². The molecule has 0 saturated carbocycles. The molecule has 5 nitrogen and oxygen atoms in total. The lowest BCUT2D eigenvalue weighted by Gasteiger charge is -2.14. The fourth-order valence-electron chi connectivity index (χ4n) is 2.08. The zero-order chi connectivity index (χ0) is 17.8. The highest BCUT2D eigenvalue weighted by molar-refractivity contribution is 5.79. The summed E-state index contributed by atoms with van der Waals surface area (Å²) >= 11 is 0. The molecule has 24 heavy (non-hydrogen) atoms. The first-order valence-corrected chi connectivity index (χ1v) is 8.87. The smallest absolute Gasteiger partial charge is 0.191 e. The molecule has 0 radical (unpaired) electrons. The summed E-state index contributed by atoms with van der Waals surface area (Å²) in [5.74, 6) is 1.37. The minimum Gasteiger partial charge on any atom is -0.386 e. The van der Waals surface area contributed by atoms with Crippen molar-refractivity contribution in [1.82, 2.24) is 10.6 Å². The zero-order valence-electron chi connectivity index (χ0n) is 15.5. The monoisotopic (exact) mass is 335 g/mol. The van der Waals surface area contributed by atoms with Gasteiger partial charge in [0, 0.05) is 19.7 Å². The Kier molecular flexibility index (Phi) is 10.1. The van der Waals surface area contributed by atoms with Crippen molar-refractivity contribution in [3.05, 3.63) is 35.4 Å². The van der Waals surface area contributed by atoms with Crippen molar-refractivity contribution in [2.75, 3.05) is 32.8 Å². The number of hydrogen-bond donors (Lipinski definition) is 3. The van der Waals surface area contributed by atoms with Gasteiger partial charge in [0.15, 0.2) is 5.96 Å². The van der Waals surface area contributed by atoms with Gasteiger partial charge in [-0.25, -0.2) is 0 Å². The van der Waals surface area contributed by atoms with E-state index >= 15 is 0 Å². The van der Waals surface area contributed by atoms with Gasteiger partial charge in [-0.1, -0.05) is 43.7 Å². The summed E-state index contributed by atoms with van der Waals surface area (Å²) in [6.45, 7) is 11.7. The minimum atomic E-state index is -0.594. The quantitative estimate of drug-likeness (QED) is 0.349. The average Bonchev–Trinajstić information content (AvgIpc) is 2.55. The molecule has 1 atom stereocenters. The Labute approximate surface area is 146 Å². The van der Waals surface area contributed by atoms with E-state index in [1.807, 2.05) is 38.1 Å². The van der Waals surface area contributed by atoms with Crippen LogP contribution >= 0.6 is 0 Å². The Balaban J connectivity index is 2.37. The number of nitrogens with one attached hydrogen (secondary N) is 2. The van der Waals surface area contributed by atoms with Gasteiger partial charge in [-0.3, -0.25) is 4.99 Å². The van der Waals surface area contributed by atoms with E-state index in [1.54, 1.807) is 0 Å². The summed E-state index contributed by atoms with van der Waals surface area (Å²) in [5, 5.41) is 16.6. The van der Waals surface area contributed by atoms with E-state index in [0.29, 0.717) is 31.6 Å². The first kappa shape index (κ1) is 20.5. The van der Waals surface area contributed by atoms with Gasteiger partial charge in [-0.05, 0) is 31.7 Å². The van der Waals surface area contributed by atoms with Gasteiger partial charge in [0.25, 0.3) is 0 Å². The third-order valence-corrected chi connectivity index (χ3v) is 3.61. The van der Waals surface area contributed by atoms with Crippen LogP contribution in [0.25, 0.3) is 0 Å². The highest BCUT2D eigenvalue weighted by Gasteiger charge is 2.07. The second kappa shape index (κ2) is 11.9. The number of ether oxygens (including phenoxy) is 1. The predicted octanol–water partition coefficient (Wildman–Crippen LogP) is 2.65. The minimum absolute atomic E-state index is 0.326. The molecule has 136 valence electrons. The number of rotatable bonds is 10. The van der Waals surface area contributed by atoms with Crippen molar-refractivity contribution in [2.24, 2.45) is 10.9 Å². The van der Waals surface area contributed by atoms with Crippen molar-refractivity contribution in [1.29, 1.82) is 0 Å². The van der Waals surface area contributed by atoms with E-state index in [1.165, 1.54) is 5.56 Å². The van der Waals surface area contributed by atoms with Crippen LogP contribution in [0.3, 0.4) is 0 Å². The van der Waals surface area contributed by atoms with Crippen molar-refractivity contribution in [3.8, 4) is 0 Å². The van der Waals surface area contributed by atoms with Crippen LogP contribution < -0.4 is 10.6 Å². The molecule has 0 aliphatic heterocycles. The number of guanidine groups is 1. The molecular weight excluding hydrogens is 302 g/mol. The molecule has 1 aromatic carbocycles. The normalized spacial score (nSPS) is 13.2. The molecule has 0 aliphatic rings. The van der Waals surface area contributed by atoms with Crippen LogP contribution in [0.5, 0.6) is 0 Å². The molecule has 0 aliphatic carbocycles. The average molecular weight is 335 g/mol. The molecule has 0 saturated heterocycles. The summed E-state index contributed by atoms with van der Waals surface area (Å²) < 4.78 is 5.58. The molecule has 5 heteroatoms. The molecular formula is C19H33N3O2. The summed E-state index contributed by atoms with van der Waals surface area (Å²) in [6, 6.07) is 7.89.